The second-order valence-electron chi connectivity index (χ2n) is 4.04. The topological polar surface area (TPSA) is 56.7 Å². The number of aryl methyl sites for hydroxylation is 1. The number of aromatic nitrogens is 3. The number of nitrogens with zero attached hydrogens (tertiary/aromatic N) is 3. The number of hydrogen-bond donors (Lipinski definition) is 1. The third kappa shape index (κ3) is 2.68. The predicted molar refractivity (Wildman–Crippen MR) is 62.9 cm³/mol. The normalized spacial score (nSPS) is 12.6. The van der Waals surface area contributed by atoms with E-state index in [1.54, 1.807) is 23.9 Å². The average molecular weight is 234 g/mol. The van der Waals surface area contributed by atoms with Gasteiger partial charge in [0, 0.05) is 25.6 Å². The van der Waals surface area contributed by atoms with Gasteiger partial charge in [0.15, 0.2) is 0 Å². The fourth-order valence-electron chi connectivity index (χ4n) is 1.87. The van der Waals surface area contributed by atoms with Crippen LogP contribution in [0.25, 0.3) is 0 Å². The highest BCUT2D eigenvalue weighted by Gasteiger charge is 2.15. The molecule has 17 heavy (non-hydrogen) atoms. The Morgan fingerprint density at radius 3 is 2.76 bits per heavy atom. The molecule has 0 aliphatic rings. The van der Waals surface area contributed by atoms with Gasteiger partial charge in [-0.1, -0.05) is 23.4 Å². The summed E-state index contributed by atoms with van der Waals surface area (Å²) >= 11 is 0. The molecule has 0 saturated carbocycles. The number of hydrogen-bond acceptors (Lipinski definition) is 3. The third-order valence-corrected chi connectivity index (χ3v) is 2.74. The van der Waals surface area contributed by atoms with Gasteiger partial charge in [0.2, 0.25) is 0 Å². The van der Waals surface area contributed by atoms with Gasteiger partial charge in [-0.2, -0.15) is 0 Å². The molecule has 2 N–H and O–H groups in total. The molecule has 0 amide bonds. The van der Waals surface area contributed by atoms with Gasteiger partial charge >= 0.3 is 0 Å². The fourth-order valence-corrected chi connectivity index (χ4v) is 1.87. The van der Waals surface area contributed by atoms with Crippen LogP contribution in [0, 0.1) is 5.82 Å². The molecule has 1 aromatic heterocycles. The summed E-state index contributed by atoms with van der Waals surface area (Å²) in [5, 5.41) is 7.85. The van der Waals surface area contributed by atoms with Crippen molar-refractivity contribution >= 4 is 0 Å². The van der Waals surface area contributed by atoms with E-state index in [9.17, 15) is 4.39 Å². The minimum absolute atomic E-state index is 0.0621. The Morgan fingerprint density at radius 1 is 1.41 bits per heavy atom. The number of halogens is 1. The Morgan fingerprint density at radius 2 is 2.18 bits per heavy atom. The molecule has 0 fully saturated rings. The Kier molecular flexibility index (Phi) is 3.49. The molecule has 90 valence electrons. The van der Waals surface area contributed by atoms with Crippen LogP contribution in [0.15, 0.2) is 30.5 Å². The van der Waals surface area contributed by atoms with Crippen molar-refractivity contribution in [3.05, 3.63) is 47.5 Å². The van der Waals surface area contributed by atoms with Crippen molar-refractivity contribution in [1.82, 2.24) is 15.0 Å². The van der Waals surface area contributed by atoms with E-state index in [4.69, 9.17) is 5.73 Å². The molecule has 1 aromatic carbocycles. The van der Waals surface area contributed by atoms with Crippen LogP contribution in [-0.2, 0) is 13.5 Å². The van der Waals surface area contributed by atoms with Gasteiger partial charge in [0.05, 0.1) is 5.69 Å². The molecule has 0 aliphatic carbocycles. The lowest BCUT2D eigenvalue weighted by Crippen LogP contribution is -2.16. The van der Waals surface area contributed by atoms with Crippen LogP contribution in [-0.4, -0.2) is 21.5 Å². The lowest BCUT2D eigenvalue weighted by molar-refractivity contribution is 0.573. The minimum atomic E-state index is -0.216. The first kappa shape index (κ1) is 11.7. The highest BCUT2D eigenvalue weighted by molar-refractivity contribution is 5.23. The first-order valence-electron chi connectivity index (χ1n) is 5.50. The molecule has 1 atom stereocenters. The van der Waals surface area contributed by atoms with E-state index < -0.39 is 0 Å². The van der Waals surface area contributed by atoms with E-state index >= 15 is 0 Å². The zero-order valence-electron chi connectivity index (χ0n) is 9.68. The molecule has 0 saturated heterocycles. The second kappa shape index (κ2) is 5.05. The summed E-state index contributed by atoms with van der Waals surface area (Å²) in [6.07, 6.45) is 2.43. The fraction of sp³-hybridized carbons (Fsp3) is 0.333. The summed E-state index contributed by atoms with van der Waals surface area (Å²) in [6, 6.07) is 6.71. The van der Waals surface area contributed by atoms with Gasteiger partial charge in [-0.25, -0.2) is 4.39 Å². The molecule has 1 heterocycles. The van der Waals surface area contributed by atoms with E-state index in [0.717, 1.165) is 5.69 Å². The summed E-state index contributed by atoms with van der Waals surface area (Å²) in [5.74, 6) is -0.278. The Bertz CT molecular complexity index is 495. The lowest BCUT2D eigenvalue weighted by atomic mass is 9.94. The smallest absolute Gasteiger partial charge is 0.126 e. The maximum Gasteiger partial charge on any atom is 0.126 e. The molecular weight excluding hydrogens is 219 g/mol. The van der Waals surface area contributed by atoms with E-state index in [1.165, 1.54) is 6.07 Å². The van der Waals surface area contributed by atoms with Crippen LogP contribution in [0.1, 0.15) is 17.2 Å². The van der Waals surface area contributed by atoms with E-state index in [1.807, 2.05) is 12.3 Å². The van der Waals surface area contributed by atoms with Gasteiger partial charge in [-0.3, -0.25) is 4.68 Å². The highest BCUT2D eigenvalue weighted by atomic mass is 19.1. The van der Waals surface area contributed by atoms with Gasteiger partial charge < -0.3 is 5.73 Å². The number of nitrogens with two attached hydrogens (primary N) is 1. The summed E-state index contributed by atoms with van der Waals surface area (Å²) in [4.78, 5) is 0. The highest BCUT2D eigenvalue weighted by Crippen LogP contribution is 2.21. The quantitative estimate of drug-likeness (QED) is 0.866. The number of benzene rings is 1. The van der Waals surface area contributed by atoms with E-state index in [-0.39, 0.29) is 11.7 Å². The lowest BCUT2D eigenvalue weighted by Gasteiger charge is -2.14. The van der Waals surface area contributed by atoms with Gasteiger partial charge in [-0.15, -0.1) is 5.10 Å². The van der Waals surface area contributed by atoms with E-state index in [0.29, 0.717) is 18.5 Å². The first-order valence-corrected chi connectivity index (χ1v) is 5.50. The predicted octanol–water partition coefficient (Wildman–Crippen LogP) is 1.24. The third-order valence-electron chi connectivity index (χ3n) is 2.74. The molecule has 0 spiro atoms. The van der Waals surface area contributed by atoms with Crippen LogP contribution in [0.4, 0.5) is 4.39 Å². The largest absolute Gasteiger partial charge is 0.330 e. The molecule has 2 aromatic rings. The van der Waals surface area contributed by atoms with Crippen molar-refractivity contribution < 1.29 is 4.39 Å². The van der Waals surface area contributed by atoms with Gasteiger partial charge in [0.1, 0.15) is 5.82 Å². The summed E-state index contributed by atoms with van der Waals surface area (Å²) in [7, 11) is 1.80. The van der Waals surface area contributed by atoms with Crippen molar-refractivity contribution in [1.29, 1.82) is 0 Å². The monoisotopic (exact) mass is 234 g/mol. The number of rotatable bonds is 4. The molecule has 0 radical (unpaired) electrons. The molecule has 1 unspecified atom stereocenters. The first-order chi connectivity index (χ1) is 8.20. The summed E-state index contributed by atoms with van der Waals surface area (Å²) in [5.41, 5.74) is 7.17. The average Bonchev–Trinajstić information content (AvgIpc) is 2.73. The molecule has 2 rings (SSSR count). The van der Waals surface area contributed by atoms with Crippen LogP contribution in [0.2, 0.25) is 0 Å². The zero-order chi connectivity index (χ0) is 12.3. The van der Waals surface area contributed by atoms with Crippen LogP contribution >= 0.6 is 0 Å². The standard InChI is InChI=1S/C12H15FN4/c1-17-8-10(15-16-17)6-9(7-14)11-4-2-3-5-12(11)13/h2-5,8-9H,6-7,14H2,1H3. The van der Waals surface area contributed by atoms with Crippen molar-refractivity contribution in [2.75, 3.05) is 6.54 Å². The Hall–Kier alpha value is -1.75. The SMILES string of the molecule is Cn1cc(CC(CN)c2ccccc2F)nn1. The van der Waals surface area contributed by atoms with Crippen molar-refractivity contribution in [3.63, 3.8) is 0 Å². The van der Waals surface area contributed by atoms with Crippen molar-refractivity contribution in [2.24, 2.45) is 12.8 Å². The zero-order valence-corrected chi connectivity index (χ0v) is 9.68. The minimum Gasteiger partial charge on any atom is -0.330 e. The molecule has 5 heteroatoms. The maximum absolute atomic E-state index is 13.6. The summed E-state index contributed by atoms with van der Waals surface area (Å²) in [6.45, 7) is 0.386. The van der Waals surface area contributed by atoms with Gasteiger partial charge in [0.25, 0.3) is 0 Å². The Labute approximate surface area is 99.2 Å². The van der Waals surface area contributed by atoms with Crippen LogP contribution in [0.5, 0.6) is 0 Å². The molecule has 4 nitrogen and oxygen atoms in total. The molecule has 0 aliphatic heterocycles. The van der Waals surface area contributed by atoms with Crippen molar-refractivity contribution in [2.45, 2.75) is 12.3 Å². The molecular formula is C12H15FN4. The van der Waals surface area contributed by atoms with Crippen molar-refractivity contribution in [3.8, 4) is 0 Å². The van der Waals surface area contributed by atoms with Crippen LogP contribution < -0.4 is 5.73 Å². The molecule has 0 bridgehead atoms. The van der Waals surface area contributed by atoms with Crippen LogP contribution in [0.3, 0.4) is 0 Å². The maximum atomic E-state index is 13.6. The second-order valence-corrected chi connectivity index (χ2v) is 4.04. The van der Waals surface area contributed by atoms with Gasteiger partial charge in [-0.05, 0) is 18.2 Å². The summed E-state index contributed by atoms with van der Waals surface area (Å²) < 4.78 is 15.3. The van der Waals surface area contributed by atoms with E-state index in [2.05, 4.69) is 10.3 Å². The Balaban J connectivity index is 2.20.